The number of carboxylic acids is 1. The summed E-state index contributed by atoms with van der Waals surface area (Å²) in [6.45, 7) is -0.852. The Labute approximate surface area is 434 Å². The second kappa shape index (κ2) is 36.9. The summed E-state index contributed by atoms with van der Waals surface area (Å²) in [5.41, 5.74) is 16.4. The molecule has 0 aliphatic carbocycles. The first-order chi connectivity index (χ1) is 34.3. The van der Waals surface area contributed by atoms with Crippen LogP contribution in [0.25, 0.3) is 0 Å². The van der Waals surface area contributed by atoms with Gasteiger partial charge in [0.05, 0.1) is 31.8 Å². The molecule has 0 fully saturated rings. The van der Waals surface area contributed by atoms with Crippen molar-refractivity contribution < 1.29 is 77.6 Å². The highest BCUT2D eigenvalue weighted by molar-refractivity contribution is 7.98. The van der Waals surface area contributed by atoms with Crippen LogP contribution in [-0.2, 0) is 62.3 Å². The Morgan fingerprint density at radius 2 is 0.877 bits per heavy atom. The third kappa shape index (κ3) is 28.8. The molecule has 0 heterocycles. The molecular formula is C41H71N13O16S3. The monoisotopic (exact) mass is 1100 g/mol. The number of nitrogens with one attached hydrogen (secondary N) is 10. The summed E-state index contributed by atoms with van der Waals surface area (Å²) < 4.78 is 0. The first-order valence-corrected chi connectivity index (χ1v) is 26.7. The van der Waals surface area contributed by atoms with Gasteiger partial charge in [0.1, 0.15) is 48.8 Å². The summed E-state index contributed by atoms with van der Waals surface area (Å²) in [5, 5.41) is 52.2. The minimum atomic E-state index is -1.72. The molecule has 0 aliphatic rings. The zero-order valence-corrected chi connectivity index (χ0v) is 43.7. The molecule has 0 spiro atoms. The summed E-state index contributed by atoms with van der Waals surface area (Å²) in [5.74, 6) is -11.3. The maximum absolute atomic E-state index is 13.5. The van der Waals surface area contributed by atoms with Crippen molar-refractivity contribution in [3.8, 4) is 0 Å². The fourth-order valence-electron chi connectivity index (χ4n) is 5.90. The standard InChI is InChI=1S/C41H71N13O16S3/c1-20(48-35(64)22(42)10-13-71-3)34(63)53-27(19-55)40(69)52-26(12-15-73-5)39(68)54-33(21(2)56)41(70)46-16-30(59)45-17-31(60)49-23(6-8-28(43)57)37(66)50-24(7-9-29(44)58)38(67)51-25(11-14-72-4)36(65)47-18-32(61)62/h20-27,33,55-56H,6-19,42H2,1-5H3,(H2,43,57)(H2,44,58)(H,45,59)(H,46,70)(H,47,65)(H,48,64)(H,49,60)(H,50,66)(H,51,67)(H,52,69)(H,53,63)(H,54,68)(H,61,62)/t20-,21+,22-,23-,24-,25-,26-,27-,33-/m0/s1. The van der Waals surface area contributed by atoms with Crippen molar-refractivity contribution in [2.45, 2.75) is 113 Å². The number of hydrogen-bond donors (Lipinski definition) is 16. The number of nitrogens with two attached hydrogens (primary N) is 3. The van der Waals surface area contributed by atoms with Gasteiger partial charge in [-0.05, 0) is 82.0 Å². The largest absolute Gasteiger partial charge is 0.480 e. The molecule has 32 heteroatoms. The molecule has 19 N–H and O–H groups in total. The van der Waals surface area contributed by atoms with E-state index in [4.69, 9.17) is 22.3 Å². The van der Waals surface area contributed by atoms with E-state index in [-0.39, 0.29) is 18.6 Å². The van der Waals surface area contributed by atoms with E-state index in [1.807, 2.05) is 6.26 Å². The van der Waals surface area contributed by atoms with Gasteiger partial charge < -0.3 is 85.7 Å². The maximum atomic E-state index is 13.5. The van der Waals surface area contributed by atoms with Crippen molar-refractivity contribution in [1.29, 1.82) is 0 Å². The van der Waals surface area contributed by atoms with Crippen molar-refractivity contribution in [2.24, 2.45) is 17.2 Å². The topological polar surface area (TPSA) is 481 Å². The summed E-state index contributed by atoms with van der Waals surface area (Å²) in [7, 11) is 0. The van der Waals surface area contributed by atoms with Crippen LogP contribution in [0.1, 0.15) is 58.8 Å². The average molecular weight is 1100 g/mol. The lowest BCUT2D eigenvalue weighted by Gasteiger charge is -2.26. The number of hydrogen-bond acceptors (Lipinski definition) is 19. The highest BCUT2D eigenvalue weighted by Crippen LogP contribution is 2.08. The minimum absolute atomic E-state index is 0.0311. The smallest absolute Gasteiger partial charge is 0.322 e. The predicted octanol–water partition coefficient (Wildman–Crippen LogP) is -7.68. The Morgan fingerprint density at radius 1 is 0.466 bits per heavy atom. The van der Waals surface area contributed by atoms with Gasteiger partial charge >= 0.3 is 5.97 Å². The van der Waals surface area contributed by atoms with E-state index in [1.165, 1.54) is 42.2 Å². The van der Waals surface area contributed by atoms with Crippen LogP contribution in [0.5, 0.6) is 0 Å². The number of carbonyl (C=O) groups excluding carboxylic acids is 12. The molecule has 0 rings (SSSR count). The van der Waals surface area contributed by atoms with Gasteiger partial charge in [-0.3, -0.25) is 62.3 Å². The van der Waals surface area contributed by atoms with Gasteiger partial charge in [-0.2, -0.15) is 35.3 Å². The molecule has 0 aromatic rings. The van der Waals surface area contributed by atoms with Crippen molar-refractivity contribution in [1.82, 2.24) is 53.2 Å². The average Bonchev–Trinajstić information content (AvgIpc) is 3.33. The number of aliphatic hydroxyl groups is 2. The van der Waals surface area contributed by atoms with Crippen LogP contribution >= 0.6 is 35.3 Å². The Hall–Kier alpha value is -5.96. The molecule has 0 aromatic carbocycles. The van der Waals surface area contributed by atoms with E-state index in [2.05, 4.69) is 53.2 Å². The number of rotatable bonds is 38. The Kier molecular flexibility index (Phi) is 33.9. The number of aliphatic carboxylic acids is 1. The second-order valence-corrected chi connectivity index (χ2v) is 19.0. The third-order valence-electron chi connectivity index (χ3n) is 10.0. The van der Waals surface area contributed by atoms with Gasteiger partial charge in [-0.25, -0.2) is 0 Å². The van der Waals surface area contributed by atoms with Crippen LogP contribution in [0, 0.1) is 0 Å². The molecule has 0 saturated heterocycles. The number of carboxylic acid groups (broad SMARTS) is 1. The molecule has 0 unspecified atom stereocenters. The van der Waals surface area contributed by atoms with Crippen molar-refractivity contribution in [3.05, 3.63) is 0 Å². The van der Waals surface area contributed by atoms with Crippen molar-refractivity contribution >= 4 is 112 Å². The molecular weight excluding hydrogens is 1030 g/mol. The van der Waals surface area contributed by atoms with Gasteiger partial charge in [-0.1, -0.05) is 0 Å². The number of aliphatic hydroxyl groups excluding tert-OH is 2. The van der Waals surface area contributed by atoms with E-state index in [0.717, 1.165) is 6.92 Å². The molecule has 0 radical (unpaired) electrons. The molecule has 414 valence electrons. The number of carbonyl (C=O) groups is 13. The number of amides is 12. The van der Waals surface area contributed by atoms with E-state index >= 15 is 0 Å². The van der Waals surface area contributed by atoms with Crippen molar-refractivity contribution in [3.63, 3.8) is 0 Å². The van der Waals surface area contributed by atoms with Gasteiger partial charge in [0.25, 0.3) is 0 Å². The van der Waals surface area contributed by atoms with Gasteiger partial charge in [0.2, 0.25) is 70.9 Å². The van der Waals surface area contributed by atoms with Crippen LogP contribution < -0.4 is 70.4 Å². The summed E-state index contributed by atoms with van der Waals surface area (Å²) in [6.07, 6.45) is 2.31. The van der Waals surface area contributed by atoms with Crippen molar-refractivity contribution in [2.75, 3.05) is 62.3 Å². The second-order valence-electron chi connectivity index (χ2n) is 16.1. The lowest BCUT2D eigenvalue weighted by Crippen LogP contribution is -2.60. The molecule has 0 saturated carbocycles. The first kappa shape index (κ1) is 67.0. The van der Waals surface area contributed by atoms with E-state index < -0.39 is 183 Å². The van der Waals surface area contributed by atoms with E-state index in [1.54, 1.807) is 12.5 Å². The molecule has 9 atom stereocenters. The molecule has 0 aromatic heterocycles. The predicted molar refractivity (Wildman–Crippen MR) is 268 cm³/mol. The molecule has 29 nitrogen and oxygen atoms in total. The van der Waals surface area contributed by atoms with Crippen LogP contribution in [0.4, 0.5) is 0 Å². The summed E-state index contributed by atoms with van der Waals surface area (Å²) in [6, 6.07) is -11.1. The molecule has 73 heavy (non-hydrogen) atoms. The fraction of sp³-hybridized carbons (Fsp3) is 0.683. The summed E-state index contributed by atoms with van der Waals surface area (Å²) in [4.78, 5) is 164. The number of primary amides is 2. The van der Waals surface area contributed by atoms with Gasteiger partial charge in [0.15, 0.2) is 0 Å². The van der Waals surface area contributed by atoms with Crippen LogP contribution in [0.3, 0.4) is 0 Å². The lowest BCUT2D eigenvalue weighted by atomic mass is 10.1. The lowest BCUT2D eigenvalue weighted by molar-refractivity contribution is -0.138. The first-order valence-electron chi connectivity index (χ1n) is 22.5. The molecule has 0 bridgehead atoms. The Balaban J connectivity index is 5.79. The minimum Gasteiger partial charge on any atom is -0.480 e. The Morgan fingerprint density at radius 3 is 1.34 bits per heavy atom. The van der Waals surface area contributed by atoms with Crippen LogP contribution in [0.15, 0.2) is 0 Å². The summed E-state index contributed by atoms with van der Waals surface area (Å²) >= 11 is 4.08. The molecule has 0 aliphatic heterocycles. The quantitative estimate of drug-likeness (QED) is 0.0273. The third-order valence-corrected chi connectivity index (χ3v) is 11.9. The van der Waals surface area contributed by atoms with Crippen LogP contribution in [0.2, 0.25) is 0 Å². The zero-order valence-electron chi connectivity index (χ0n) is 41.2. The zero-order chi connectivity index (χ0) is 55.8. The number of thioether (sulfide) groups is 3. The highest BCUT2D eigenvalue weighted by Gasteiger charge is 2.34. The van der Waals surface area contributed by atoms with E-state index in [0.29, 0.717) is 17.9 Å². The molecule has 12 amide bonds. The van der Waals surface area contributed by atoms with Gasteiger partial charge in [-0.15, -0.1) is 0 Å². The Bertz CT molecular complexity index is 1920. The fourth-order valence-corrected chi connectivity index (χ4v) is 7.33. The van der Waals surface area contributed by atoms with E-state index in [9.17, 15) is 72.5 Å². The van der Waals surface area contributed by atoms with Crippen LogP contribution in [-0.4, -0.2) is 209 Å². The highest BCUT2D eigenvalue weighted by atomic mass is 32.2. The normalized spacial score (nSPS) is 14.5. The SMILES string of the molecule is CSCC[C@H](NC(=O)[C@H](CCC(N)=O)NC(=O)[C@H](CCC(N)=O)NC(=O)CNC(=O)CNC(=O)[C@@H](NC(=O)[C@H](CCSC)NC(=O)[C@H](CO)NC(=O)[C@H](C)NC(=O)[C@@H](N)CCSC)[C@@H](C)O)C(=O)NCC(=O)O. The maximum Gasteiger partial charge on any atom is 0.322 e. The van der Waals surface area contributed by atoms with Gasteiger partial charge in [0, 0.05) is 12.8 Å².